The van der Waals surface area contributed by atoms with Crippen LogP contribution in [0.15, 0.2) is 133 Å². The van der Waals surface area contributed by atoms with Crippen LogP contribution in [-0.4, -0.2) is 221 Å². The van der Waals surface area contributed by atoms with E-state index in [0.29, 0.717) is 107 Å². The normalized spacial score (nSPS) is 23.6. The Morgan fingerprint density at radius 3 is 1.26 bits per heavy atom. The van der Waals surface area contributed by atoms with E-state index in [1.165, 1.54) is 37.7 Å². The van der Waals surface area contributed by atoms with E-state index in [2.05, 4.69) is 65.9 Å². The monoisotopic (exact) mass is 1630 g/mol. The predicted molar refractivity (Wildman–Crippen MR) is 438 cm³/mol. The number of nitrogens with zero attached hydrogens (tertiary/aromatic N) is 9. The molecule has 9 aliphatic heterocycles. The standard InChI is InChI=1S/C30H44N4O3S.C28H34N4O3S.C27H27F5N4O3S.2H2/c1-21(2)12-18-34-28(36)26(38-29(34)23-9-4-3-5-10-23)20-27(35)32-16-14-24(15-17-32)33-19-13-22-8-6-7-11-25(22)31-30(33)37;1-2-15-32-26(34)24(36-27(32)21-9-4-3-5-10-21)19-25(33)30-16-13-22(14-17-30)31-18-12-20-8-6-7-11-23(20)29-28(31)35;28-26(29,27(30,31)32)16-36-23(38)21(40-24(36)17-6-2-1-3-7-17)14-22(37)34-12-10-19(11-13-34)35-15-18-8-4-5-9-20(18)33-25(35)39;;/h6-8,11,21,23-24,26,29H,3-5,9-10,12-20H2,1-2H3,(H,31,37);3-11,22,24,27H,2,12-19H2,1H3,(H,29,35);1-9,19,21,24H,10-16H2,(H,33,39);2*1H. The first kappa shape index (κ1) is 83.4. The van der Waals surface area contributed by atoms with Crippen molar-refractivity contribution >= 4 is 106 Å². The van der Waals surface area contributed by atoms with Crippen LogP contribution in [0.5, 0.6) is 0 Å². The van der Waals surface area contributed by atoms with Crippen molar-refractivity contribution in [3.05, 3.63) is 161 Å². The third-order valence-electron chi connectivity index (χ3n) is 23.9. The van der Waals surface area contributed by atoms with Gasteiger partial charge in [0, 0.05) is 129 Å². The number of halogens is 5. The molecule has 6 saturated heterocycles. The molecular formula is C85H109F5N12O9S3. The molecule has 0 bridgehead atoms. The summed E-state index contributed by atoms with van der Waals surface area (Å²) in [6.07, 6.45) is 8.31. The number of nitrogens with one attached hydrogen (secondary N) is 3. The number of thioether (sulfide) groups is 3. The Morgan fingerprint density at radius 1 is 0.447 bits per heavy atom. The molecule has 9 heterocycles. The van der Waals surface area contributed by atoms with Crippen LogP contribution < -0.4 is 16.0 Å². The Kier molecular flexibility index (Phi) is 27.5. The summed E-state index contributed by atoms with van der Waals surface area (Å²) in [7, 11) is 0. The molecule has 0 spiro atoms. The highest BCUT2D eigenvalue weighted by Crippen LogP contribution is 2.49. The molecule has 6 unspecified atom stereocenters. The molecule has 21 nitrogen and oxygen atoms in total. The van der Waals surface area contributed by atoms with Crippen molar-refractivity contribution in [3.8, 4) is 0 Å². The van der Waals surface area contributed by atoms with Crippen LogP contribution in [0.3, 0.4) is 0 Å². The smallest absolute Gasteiger partial charge is 0.342 e. The van der Waals surface area contributed by atoms with E-state index in [1.807, 2.05) is 103 Å². The Balaban J connectivity index is 0.000000170. The number of anilines is 3. The van der Waals surface area contributed by atoms with E-state index in [9.17, 15) is 65.1 Å². The SMILES string of the molecule is CC(C)CCN1C(=O)C(CC(=O)N2CCC(N3CCc4ccccc4NC3=O)CC2)SC1C1CCCCC1.CCCN1C(=O)C(CC(=O)N2CCC(N3CCc4ccccc4NC3=O)CC2)SC1c1ccccc1.O=C(CC1SC(c2ccccc2)N(CC(F)(F)C(F)(F)F)C1=O)N1CCC(N2Cc3ccccc3NC2=O)CC1.[HH].[HH]. The zero-order chi connectivity index (χ0) is 80.4. The molecule has 114 heavy (non-hydrogen) atoms. The van der Waals surface area contributed by atoms with Gasteiger partial charge in [-0.1, -0.05) is 155 Å². The molecule has 6 atom stereocenters. The summed E-state index contributed by atoms with van der Waals surface area (Å²) in [5.74, 6) is -4.90. The summed E-state index contributed by atoms with van der Waals surface area (Å²) in [4.78, 5) is 134. The van der Waals surface area contributed by atoms with Gasteiger partial charge in [0.1, 0.15) is 10.7 Å². The fourth-order valence-electron chi connectivity index (χ4n) is 17.4. The second-order valence-corrected chi connectivity index (χ2v) is 35.7. The number of likely N-dealkylation sites (tertiary alicyclic amines) is 3. The number of urea groups is 3. The number of rotatable bonds is 19. The second-order valence-electron chi connectivity index (χ2n) is 31.8. The number of carbonyl (C=O) groups is 9. The van der Waals surface area contributed by atoms with Crippen LogP contribution in [0.2, 0.25) is 0 Å². The third kappa shape index (κ3) is 19.7. The van der Waals surface area contributed by atoms with Gasteiger partial charge in [-0.3, -0.25) is 28.8 Å². The minimum atomic E-state index is -5.81. The molecule has 616 valence electrons. The van der Waals surface area contributed by atoms with Crippen molar-refractivity contribution in [2.24, 2.45) is 11.8 Å². The highest BCUT2D eigenvalue weighted by Gasteiger charge is 2.61. The minimum absolute atomic E-state index is 0. The number of hydrogen-bond acceptors (Lipinski definition) is 12. The van der Waals surface area contributed by atoms with Crippen molar-refractivity contribution in [2.75, 3.05) is 87.9 Å². The molecule has 29 heteroatoms. The molecule has 12 amide bonds. The lowest BCUT2D eigenvalue weighted by atomic mass is 9.88. The quantitative estimate of drug-likeness (QED) is 0.0658. The van der Waals surface area contributed by atoms with Crippen LogP contribution >= 0.6 is 35.3 Å². The largest absolute Gasteiger partial charge is 0.455 e. The minimum Gasteiger partial charge on any atom is -0.342 e. The molecule has 15 rings (SSSR count). The first-order valence-electron chi connectivity index (χ1n) is 40.6. The van der Waals surface area contributed by atoms with E-state index < -0.39 is 35.2 Å². The van der Waals surface area contributed by atoms with Crippen LogP contribution in [0, 0.1) is 11.8 Å². The van der Waals surface area contributed by atoms with Crippen LogP contribution in [0.25, 0.3) is 0 Å². The lowest BCUT2D eigenvalue weighted by molar-refractivity contribution is -0.285. The van der Waals surface area contributed by atoms with Gasteiger partial charge in [0.2, 0.25) is 35.4 Å². The van der Waals surface area contributed by atoms with Crippen molar-refractivity contribution < 1.29 is 68.0 Å². The number of benzene rings is 5. The Morgan fingerprint density at radius 2 is 0.825 bits per heavy atom. The first-order chi connectivity index (χ1) is 54.9. The van der Waals surface area contributed by atoms with Gasteiger partial charge in [-0.15, -0.1) is 35.3 Å². The van der Waals surface area contributed by atoms with Gasteiger partial charge in [-0.2, -0.15) is 22.0 Å². The van der Waals surface area contributed by atoms with Crippen LogP contribution in [0.1, 0.15) is 165 Å². The highest BCUT2D eigenvalue weighted by molar-refractivity contribution is 8.02. The van der Waals surface area contributed by atoms with Gasteiger partial charge in [0.25, 0.3) is 0 Å². The predicted octanol–water partition coefficient (Wildman–Crippen LogP) is 15.6. The number of hydrogen-bond donors (Lipinski definition) is 3. The van der Waals surface area contributed by atoms with E-state index in [0.717, 1.165) is 103 Å². The average molecular weight is 1630 g/mol. The molecule has 10 aliphatic rings. The Bertz CT molecular complexity index is 4240. The van der Waals surface area contributed by atoms with Crippen molar-refractivity contribution in [2.45, 2.75) is 205 Å². The number of carbonyl (C=O) groups excluding carboxylic acids is 9. The number of alkyl halides is 5. The molecule has 1 aliphatic carbocycles. The van der Waals surface area contributed by atoms with E-state index >= 15 is 0 Å². The average Bonchev–Trinajstić information content (AvgIpc) is 1.54. The zero-order valence-electron chi connectivity index (χ0n) is 65.1. The molecular weight excluding hydrogens is 1520 g/mol. The lowest BCUT2D eigenvalue weighted by Gasteiger charge is -2.40. The fraction of sp³-hybridized carbons (Fsp3) is 0.541. The summed E-state index contributed by atoms with van der Waals surface area (Å²) in [6, 6.07) is 41.4. The van der Waals surface area contributed by atoms with Gasteiger partial charge in [0.05, 0.1) is 27.7 Å². The van der Waals surface area contributed by atoms with Crippen molar-refractivity contribution in [1.29, 1.82) is 0 Å². The number of fused-ring (bicyclic) bond motifs is 3. The molecule has 5 aromatic carbocycles. The Labute approximate surface area is 680 Å². The third-order valence-corrected chi connectivity index (χ3v) is 28.4. The highest BCUT2D eigenvalue weighted by atomic mass is 32.2. The summed E-state index contributed by atoms with van der Waals surface area (Å²) in [5.41, 5.74) is 7.39. The first-order valence-corrected chi connectivity index (χ1v) is 43.4. The number of piperidine rings is 3. The maximum absolute atomic E-state index is 14.0. The number of amides is 12. The summed E-state index contributed by atoms with van der Waals surface area (Å²) in [5, 5.41) is 6.43. The molecule has 1 saturated carbocycles. The topological polar surface area (TPSA) is 219 Å². The molecule has 7 fully saturated rings. The van der Waals surface area contributed by atoms with E-state index in [1.54, 1.807) is 63.7 Å². The zero-order valence-corrected chi connectivity index (χ0v) is 67.5. The van der Waals surface area contributed by atoms with E-state index in [-0.39, 0.29) is 103 Å². The molecule has 0 radical (unpaired) electrons. The number of para-hydroxylation sites is 3. The lowest BCUT2D eigenvalue weighted by Crippen LogP contribution is -2.51. The van der Waals surface area contributed by atoms with Crippen molar-refractivity contribution in [1.82, 2.24) is 44.1 Å². The molecule has 0 aromatic heterocycles. The summed E-state index contributed by atoms with van der Waals surface area (Å²) in [6.45, 7) is 11.2. The van der Waals surface area contributed by atoms with Crippen LogP contribution in [-0.2, 0) is 48.2 Å². The van der Waals surface area contributed by atoms with Gasteiger partial charge >= 0.3 is 30.2 Å². The molecule has 5 aromatic rings. The van der Waals surface area contributed by atoms with Gasteiger partial charge in [-0.05, 0) is 135 Å². The van der Waals surface area contributed by atoms with Gasteiger partial charge in [-0.25, -0.2) is 14.4 Å². The maximum Gasteiger partial charge on any atom is 0.455 e. The van der Waals surface area contributed by atoms with Gasteiger partial charge in [0.15, 0.2) is 0 Å². The summed E-state index contributed by atoms with van der Waals surface area (Å²) >= 11 is 4.27. The summed E-state index contributed by atoms with van der Waals surface area (Å²) < 4.78 is 66.9. The van der Waals surface area contributed by atoms with Gasteiger partial charge < -0.3 is 60.0 Å². The maximum atomic E-state index is 14.0. The van der Waals surface area contributed by atoms with E-state index in [4.69, 9.17) is 0 Å². The fourth-order valence-corrected chi connectivity index (χ4v) is 22.0. The Hall–Kier alpha value is -8.57. The second kappa shape index (κ2) is 37.6. The molecule has 3 N–H and O–H groups in total. The van der Waals surface area contributed by atoms with Crippen LogP contribution in [0.4, 0.5) is 53.4 Å². The van der Waals surface area contributed by atoms with Crippen molar-refractivity contribution in [3.63, 3.8) is 0 Å².